The SMILES string of the molecule is CCC1CCCN(Cc2ccc(O)c(N)c2)CC1. The van der Waals surface area contributed by atoms with Crippen LogP contribution in [0, 0.1) is 5.92 Å². The molecule has 1 fully saturated rings. The molecule has 0 spiro atoms. The molecule has 1 aromatic carbocycles. The molecule has 0 aliphatic carbocycles. The minimum absolute atomic E-state index is 0.181. The van der Waals surface area contributed by atoms with Gasteiger partial charge >= 0.3 is 0 Å². The lowest BCUT2D eigenvalue weighted by atomic mass is 9.98. The first-order chi connectivity index (χ1) is 8.69. The number of hydrogen-bond acceptors (Lipinski definition) is 3. The van der Waals surface area contributed by atoms with Crippen molar-refractivity contribution in [2.24, 2.45) is 5.92 Å². The molecule has 1 unspecified atom stereocenters. The third kappa shape index (κ3) is 3.39. The molecule has 1 aliphatic heterocycles. The number of aromatic hydroxyl groups is 1. The van der Waals surface area contributed by atoms with Gasteiger partial charge in [0.1, 0.15) is 5.75 Å². The van der Waals surface area contributed by atoms with Crippen molar-refractivity contribution in [2.75, 3.05) is 18.8 Å². The van der Waals surface area contributed by atoms with Crippen molar-refractivity contribution < 1.29 is 5.11 Å². The van der Waals surface area contributed by atoms with E-state index >= 15 is 0 Å². The van der Waals surface area contributed by atoms with Gasteiger partial charge in [-0.15, -0.1) is 0 Å². The monoisotopic (exact) mass is 248 g/mol. The zero-order valence-electron chi connectivity index (χ0n) is 11.2. The number of nitrogens with zero attached hydrogens (tertiary/aromatic N) is 1. The molecule has 2 rings (SSSR count). The van der Waals surface area contributed by atoms with Crippen molar-refractivity contribution in [1.82, 2.24) is 4.90 Å². The Hall–Kier alpha value is -1.22. The molecule has 1 saturated heterocycles. The summed E-state index contributed by atoms with van der Waals surface area (Å²) in [6.07, 6.45) is 5.28. The fourth-order valence-corrected chi connectivity index (χ4v) is 2.75. The van der Waals surface area contributed by atoms with Gasteiger partial charge in [-0.1, -0.05) is 19.4 Å². The van der Waals surface area contributed by atoms with Crippen LogP contribution in [0.5, 0.6) is 5.75 Å². The number of nitrogens with two attached hydrogens (primary N) is 1. The zero-order valence-corrected chi connectivity index (χ0v) is 11.2. The fourth-order valence-electron chi connectivity index (χ4n) is 2.75. The van der Waals surface area contributed by atoms with Gasteiger partial charge in [-0.3, -0.25) is 4.90 Å². The molecule has 3 N–H and O–H groups in total. The first kappa shape index (κ1) is 13.2. The lowest BCUT2D eigenvalue weighted by Gasteiger charge is -2.20. The van der Waals surface area contributed by atoms with E-state index in [9.17, 15) is 5.11 Å². The van der Waals surface area contributed by atoms with E-state index in [1.54, 1.807) is 6.07 Å². The van der Waals surface area contributed by atoms with Crippen molar-refractivity contribution in [3.05, 3.63) is 23.8 Å². The van der Waals surface area contributed by atoms with E-state index in [1.165, 1.54) is 44.3 Å². The van der Waals surface area contributed by atoms with Gasteiger partial charge < -0.3 is 10.8 Å². The van der Waals surface area contributed by atoms with Crippen LogP contribution < -0.4 is 5.73 Å². The summed E-state index contributed by atoms with van der Waals surface area (Å²) in [6, 6.07) is 5.54. The van der Waals surface area contributed by atoms with Crippen LogP contribution in [0.15, 0.2) is 18.2 Å². The van der Waals surface area contributed by atoms with Crippen LogP contribution >= 0.6 is 0 Å². The quantitative estimate of drug-likeness (QED) is 0.638. The van der Waals surface area contributed by atoms with Crippen LogP contribution in [-0.2, 0) is 6.54 Å². The molecule has 100 valence electrons. The molecule has 3 nitrogen and oxygen atoms in total. The molecule has 0 aromatic heterocycles. The third-order valence-corrected chi connectivity index (χ3v) is 4.02. The Morgan fingerprint density at radius 2 is 2.17 bits per heavy atom. The molecule has 0 bridgehead atoms. The van der Waals surface area contributed by atoms with Crippen molar-refractivity contribution in [2.45, 2.75) is 39.2 Å². The zero-order chi connectivity index (χ0) is 13.0. The van der Waals surface area contributed by atoms with Gasteiger partial charge in [0.25, 0.3) is 0 Å². The Morgan fingerprint density at radius 3 is 2.89 bits per heavy atom. The highest BCUT2D eigenvalue weighted by Gasteiger charge is 2.15. The van der Waals surface area contributed by atoms with E-state index in [0.29, 0.717) is 5.69 Å². The number of phenolic OH excluding ortho intramolecular Hbond substituents is 1. The van der Waals surface area contributed by atoms with Gasteiger partial charge in [0.2, 0.25) is 0 Å². The van der Waals surface area contributed by atoms with Crippen molar-refractivity contribution in [3.63, 3.8) is 0 Å². The standard InChI is InChI=1S/C15H24N2O/c1-2-12-4-3-8-17(9-7-12)11-13-5-6-15(18)14(16)10-13/h5-6,10,12,18H,2-4,7-9,11,16H2,1H3. The maximum absolute atomic E-state index is 9.42. The molecule has 0 radical (unpaired) electrons. The molecule has 1 aromatic rings. The Morgan fingerprint density at radius 1 is 1.33 bits per heavy atom. The summed E-state index contributed by atoms with van der Waals surface area (Å²) in [6.45, 7) is 5.60. The highest BCUT2D eigenvalue weighted by atomic mass is 16.3. The molecular weight excluding hydrogens is 224 g/mol. The van der Waals surface area contributed by atoms with Crippen LogP contribution in [0.4, 0.5) is 5.69 Å². The maximum atomic E-state index is 9.42. The summed E-state index contributed by atoms with van der Waals surface area (Å²) in [5.74, 6) is 1.08. The minimum Gasteiger partial charge on any atom is -0.506 e. The first-order valence-electron chi connectivity index (χ1n) is 6.98. The van der Waals surface area contributed by atoms with E-state index < -0.39 is 0 Å². The second-order valence-electron chi connectivity index (χ2n) is 5.37. The van der Waals surface area contributed by atoms with E-state index in [4.69, 9.17) is 5.73 Å². The van der Waals surface area contributed by atoms with Crippen LogP contribution in [0.3, 0.4) is 0 Å². The number of anilines is 1. The summed E-state index contributed by atoms with van der Waals surface area (Å²) in [7, 11) is 0. The fraction of sp³-hybridized carbons (Fsp3) is 0.600. The average Bonchev–Trinajstić information content (AvgIpc) is 2.59. The van der Waals surface area contributed by atoms with Gasteiger partial charge in [0.15, 0.2) is 0 Å². The second-order valence-corrected chi connectivity index (χ2v) is 5.37. The molecule has 3 heteroatoms. The molecule has 0 amide bonds. The first-order valence-corrected chi connectivity index (χ1v) is 6.98. The summed E-state index contributed by atoms with van der Waals surface area (Å²) in [5, 5.41) is 9.42. The van der Waals surface area contributed by atoms with Gasteiger partial charge in [-0.25, -0.2) is 0 Å². The highest BCUT2D eigenvalue weighted by molar-refractivity contribution is 5.53. The van der Waals surface area contributed by atoms with Crippen LogP contribution in [0.25, 0.3) is 0 Å². The number of nitrogen functional groups attached to an aromatic ring is 1. The summed E-state index contributed by atoms with van der Waals surface area (Å²) in [4.78, 5) is 2.50. The molecular formula is C15H24N2O. The molecule has 18 heavy (non-hydrogen) atoms. The van der Waals surface area contributed by atoms with E-state index in [-0.39, 0.29) is 5.75 Å². The Kier molecular flexibility index (Phi) is 4.48. The number of benzene rings is 1. The van der Waals surface area contributed by atoms with Gasteiger partial charge in [-0.2, -0.15) is 0 Å². The minimum atomic E-state index is 0.181. The molecule has 0 saturated carbocycles. The van der Waals surface area contributed by atoms with Gasteiger partial charge in [-0.05, 0) is 56.0 Å². The number of likely N-dealkylation sites (tertiary alicyclic amines) is 1. The number of hydrogen-bond donors (Lipinski definition) is 2. The van der Waals surface area contributed by atoms with E-state index in [2.05, 4.69) is 11.8 Å². The smallest absolute Gasteiger partial charge is 0.138 e. The second kappa shape index (κ2) is 6.10. The van der Waals surface area contributed by atoms with Crippen molar-refractivity contribution in [3.8, 4) is 5.75 Å². The molecule has 1 heterocycles. The molecule has 1 aliphatic rings. The van der Waals surface area contributed by atoms with Gasteiger partial charge in [0.05, 0.1) is 5.69 Å². The third-order valence-electron chi connectivity index (χ3n) is 4.02. The largest absolute Gasteiger partial charge is 0.506 e. The Labute approximate surface area is 110 Å². The summed E-state index contributed by atoms with van der Waals surface area (Å²) < 4.78 is 0. The summed E-state index contributed by atoms with van der Waals surface area (Å²) in [5.41, 5.74) is 7.41. The van der Waals surface area contributed by atoms with Crippen molar-refractivity contribution in [1.29, 1.82) is 0 Å². The normalized spacial score (nSPS) is 21.7. The molecule has 1 atom stereocenters. The van der Waals surface area contributed by atoms with Crippen LogP contribution in [-0.4, -0.2) is 23.1 Å². The van der Waals surface area contributed by atoms with Crippen LogP contribution in [0.2, 0.25) is 0 Å². The lowest BCUT2D eigenvalue weighted by Crippen LogP contribution is -2.24. The highest BCUT2D eigenvalue weighted by Crippen LogP contribution is 2.24. The summed E-state index contributed by atoms with van der Waals surface area (Å²) >= 11 is 0. The van der Waals surface area contributed by atoms with E-state index in [0.717, 1.165) is 12.5 Å². The number of rotatable bonds is 3. The topological polar surface area (TPSA) is 49.5 Å². The Bertz CT molecular complexity index is 392. The predicted molar refractivity (Wildman–Crippen MR) is 75.4 cm³/mol. The Balaban J connectivity index is 1.94. The number of phenols is 1. The lowest BCUT2D eigenvalue weighted by molar-refractivity contribution is 0.272. The van der Waals surface area contributed by atoms with Crippen LogP contribution in [0.1, 0.15) is 38.2 Å². The average molecular weight is 248 g/mol. The van der Waals surface area contributed by atoms with Crippen molar-refractivity contribution >= 4 is 5.69 Å². The van der Waals surface area contributed by atoms with E-state index in [1.807, 2.05) is 12.1 Å². The predicted octanol–water partition coefficient (Wildman–Crippen LogP) is 2.99. The van der Waals surface area contributed by atoms with Gasteiger partial charge in [0, 0.05) is 6.54 Å². The maximum Gasteiger partial charge on any atom is 0.138 e.